The highest BCUT2D eigenvalue weighted by Crippen LogP contribution is 2.28. The zero-order valence-corrected chi connectivity index (χ0v) is 15.4. The van der Waals surface area contributed by atoms with Crippen LogP contribution in [0, 0.1) is 0 Å². The van der Waals surface area contributed by atoms with E-state index in [2.05, 4.69) is 31.9 Å². The van der Waals surface area contributed by atoms with Gasteiger partial charge in [-0.15, -0.1) is 11.8 Å². The Kier molecular flexibility index (Phi) is 6.33. The number of hydrogen-bond acceptors (Lipinski definition) is 3. The van der Waals surface area contributed by atoms with Crippen LogP contribution in [-0.4, -0.2) is 18.6 Å². The molecule has 21 heavy (non-hydrogen) atoms. The minimum absolute atomic E-state index is 0.173. The largest absolute Gasteiger partial charge is 0.496 e. The van der Waals surface area contributed by atoms with Gasteiger partial charge in [-0.25, -0.2) is 0 Å². The minimum Gasteiger partial charge on any atom is -0.496 e. The lowest BCUT2D eigenvalue weighted by atomic mass is 10.1. The van der Waals surface area contributed by atoms with Gasteiger partial charge in [0.05, 0.1) is 12.9 Å². The minimum atomic E-state index is 0.173. The molecule has 110 valence electrons. The maximum atomic E-state index is 12.2. The van der Waals surface area contributed by atoms with E-state index in [4.69, 9.17) is 4.74 Å². The molecule has 0 saturated heterocycles. The van der Waals surface area contributed by atoms with E-state index in [-0.39, 0.29) is 5.78 Å². The van der Waals surface area contributed by atoms with Crippen LogP contribution in [-0.2, 0) is 11.2 Å². The molecule has 2 aromatic rings. The van der Waals surface area contributed by atoms with Crippen molar-refractivity contribution in [2.45, 2.75) is 11.3 Å². The van der Waals surface area contributed by atoms with Gasteiger partial charge in [0.25, 0.3) is 0 Å². The number of thioether (sulfide) groups is 1. The SMILES string of the molecule is COc1ccc(Br)cc1CC(=O)CSc1ccccc1Br. The number of ether oxygens (including phenoxy) is 1. The molecule has 2 nitrogen and oxygen atoms in total. The lowest BCUT2D eigenvalue weighted by Crippen LogP contribution is -2.07. The molecule has 0 aliphatic heterocycles. The van der Waals surface area contributed by atoms with Crippen molar-refractivity contribution in [2.75, 3.05) is 12.9 Å². The molecule has 0 unspecified atom stereocenters. The maximum Gasteiger partial charge on any atom is 0.147 e. The Hall–Kier alpha value is -0.780. The van der Waals surface area contributed by atoms with E-state index >= 15 is 0 Å². The normalized spacial score (nSPS) is 10.4. The third kappa shape index (κ3) is 4.87. The first-order valence-corrected chi connectivity index (χ1v) is 8.88. The number of halogens is 2. The highest BCUT2D eigenvalue weighted by atomic mass is 79.9. The van der Waals surface area contributed by atoms with Crippen LogP contribution < -0.4 is 4.74 Å². The predicted octanol–water partition coefficient (Wildman–Crippen LogP) is 5.12. The molecule has 5 heteroatoms. The summed E-state index contributed by atoms with van der Waals surface area (Å²) in [7, 11) is 1.62. The number of Topliss-reactive ketones (excluding diaryl/α,β-unsaturated/α-hetero) is 1. The lowest BCUT2D eigenvalue weighted by Gasteiger charge is -2.09. The van der Waals surface area contributed by atoms with Gasteiger partial charge >= 0.3 is 0 Å². The Morgan fingerprint density at radius 3 is 2.67 bits per heavy atom. The summed E-state index contributed by atoms with van der Waals surface area (Å²) in [6.45, 7) is 0. The average molecular weight is 430 g/mol. The van der Waals surface area contributed by atoms with Gasteiger partial charge in [0.1, 0.15) is 11.5 Å². The summed E-state index contributed by atoms with van der Waals surface area (Å²) in [4.78, 5) is 13.2. The molecule has 0 aliphatic rings. The zero-order valence-electron chi connectivity index (χ0n) is 11.4. The van der Waals surface area contributed by atoms with Crippen LogP contribution in [0.15, 0.2) is 56.3 Å². The number of carbonyl (C=O) groups is 1. The second-order valence-electron chi connectivity index (χ2n) is 4.39. The predicted molar refractivity (Wildman–Crippen MR) is 94.3 cm³/mol. The zero-order chi connectivity index (χ0) is 15.2. The van der Waals surface area contributed by atoms with Gasteiger partial charge in [0, 0.05) is 25.8 Å². The molecule has 0 fully saturated rings. The Morgan fingerprint density at radius 2 is 1.95 bits per heavy atom. The van der Waals surface area contributed by atoms with Gasteiger partial charge in [-0.2, -0.15) is 0 Å². The Bertz CT molecular complexity index is 644. The number of benzene rings is 2. The molecule has 0 amide bonds. The van der Waals surface area contributed by atoms with E-state index in [1.165, 1.54) is 0 Å². The van der Waals surface area contributed by atoms with Gasteiger partial charge in [0.15, 0.2) is 0 Å². The van der Waals surface area contributed by atoms with Crippen LogP contribution in [0.4, 0.5) is 0 Å². The van der Waals surface area contributed by atoms with Crippen LogP contribution in [0.25, 0.3) is 0 Å². The first-order valence-electron chi connectivity index (χ1n) is 6.31. The third-order valence-electron chi connectivity index (χ3n) is 2.86. The van der Waals surface area contributed by atoms with Crippen LogP contribution in [0.5, 0.6) is 5.75 Å². The van der Waals surface area contributed by atoms with Crippen LogP contribution in [0.1, 0.15) is 5.56 Å². The van der Waals surface area contributed by atoms with E-state index in [1.54, 1.807) is 18.9 Å². The molecule has 0 N–H and O–H groups in total. The van der Waals surface area contributed by atoms with E-state index in [0.717, 1.165) is 25.2 Å². The fraction of sp³-hybridized carbons (Fsp3) is 0.188. The van der Waals surface area contributed by atoms with Gasteiger partial charge < -0.3 is 4.74 Å². The number of carbonyl (C=O) groups excluding carboxylic acids is 1. The first-order chi connectivity index (χ1) is 10.1. The highest BCUT2D eigenvalue weighted by molar-refractivity contribution is 9.10. The third-order valence-corrected chi connectivity index (χ3v) is 5.44. The van der Waals surface area contributed by atoms with E-state index in [9.17, 15) is 4.79 Å². The number of methoxy groups -OCH3 is 1. The Balaban J connectivity index is 1.99. The van der Waals surface area contributed by atoms with Crippen LogP contribution in [0.3, 0.4) is 0 Å². The summed E-state index contributed by atoms with van der Waals surface area (Å²) in [5, 5.41) is 0. The molecular weight excluding hydrogens is 416 g/mol. The second-order valence-corrected chi connectivity index (χ2v) is 7.18. The second kappa shape index (κ2) is 8.01. The monoisotopic (exact) mass is 428 g/mol. The van der Waals surface area contributed by atoms with Crippen molar-refractivity contribution in [2.24, 2.45) is 0 Å². The summed E-state index contributed by atoms with van der Waals surface area (Å²) in [5.41, 5.74) is 0.907. The molecule has 0 aliphatic carbocycles. The summed E-state index contributed by atoms with van der Waals surface area (Å²) in [5.74, 6) is 1.36. The number of hydrogen-bond donors (Lipinski definition) is 0. The molecular formula is C16H14Br2O2S. The standard InChI is InChI=1S/C16H14Br2O2S/c1-20-15-7-6-12(17)8-11(15)9-13(19)10-21-16-5-3-2-4-14(16)18/h2-8H,9-10H2,1H3. The van der Waals surface area contributed by atoms with E-state index < -0.39 is 0 Å². The first kappa shape index (κ1) is 16.6. The van der Waals surface area contributed by atoms with E-state index in [1.807, 2.05) is 42.5 Å². The van der Waals surface area contributed by atoms with Gasteiger partial charge in [0.2, 0.25) is 0 Å². The molecule has 0 spiro atoms. The highest BCUT2D eigenvalue weighted by Gasteiger charge is 2.11. The Labute approximate surface area is 145 Å². The van der Waals surface area contributed by atoms with Gasteiger partial charge in [-0.3, -0.25) is 4.79 Å². The summed E-state index contributed by atoms with van der Waals surface area (Å²) < 4.78 is 7.26. The van der Waals surface area contributed by atoms with Crippen molar-refractivity contribution >= 4 is 49.4 Å². The molecule has 2 rings (SSSR count). The smallest absolute Gasteiger partial charge is 0.147 e. The summed E-state index contributed by atoms with van der Waals surface area (Å²) in [6, 6.07) is 13.6. The van der Waals surface area contributed by atoms with Crippen molar-refractivity contribution in [1.82, 2.24) is 0 Å². The summed E-state index contributed by atoms with van der Waals surface area (Å²) in [6.07, 6.45) is 0.375. The fourth-order valence-electron chi connectivity index (χ4n) is 1.87. The average Bonchev–Trinajstić information content (AvgIpc) is 2.47. The van der Waals surface area contributed by atoms with Crippen molar-refractivity contribution in [3.05, 3.63) is 57.0 Å². The lowest BCUT2D eigenvalue weighted by molar-refractivity contribution is -0.116. The Morgan fingerprint density at radius 1 is 1.19 bits per heavy atom. The van der Waals surface area contributed by atoms with Crippen LogP contribution >= 0.6 is 43.6 Å². The fourth-order valence-corrected chi connectivity index (χ4v) is 3.70. The molecule has 2 aromatic carbocycles. The van der Waals surface area contributed by atoms with E-state index in [0.29, 0.717) is 12.2 Å². The molecule has 0 saturated carbocycles. The van der Waals surface area contributed by atoms with Crippen molar-refractivity contribution < 1.29 is 9.53 Å². The van der Waals surface area contributed by atoms with Crippen molar-refractivity contribution in [3.8, 4) is 5.75 Å². The van der Waals surface area contributed by atoms with Crippen LogP contribution in [0.2, 0.25) is 0 Å². The molecule has 0 atom stereocenters. The molecule has 0 bridgehead atoms. The molecule has 0 aromatic heterocycles. The van der Waals surface area contributed by atoms with Gasteiger partial charge in [-0.05, 0) is 46.3 Å². The number of ketones is 1. The van der Waals surface area contributed by atoms with Gasteiger partial charge in [-0.1, -0.05) is 28.1 Å². The molecule has 0 radical (unpaired) electrons. The molecule has 0 heterocycles. The summed E-state index contributed by atoms with van der Waals surface area (Å²) >= 11 is 8.45. The van der Waals surface area contributed by atoms with Crippen molar-refractivity contribution in [3.63, 3.8) is 0 Å². The topological polar surface area (TPSA) is 26.3 Å². The number of rotatable bonds is 6. The van der Waals surface area contributed by atoms with Crippen molar-refractivity contribution in [1.29, 1.82) is 0 Å². The maximum absolute atomic E-state index is 12.2. The quantitative estimate of drug-likeness (QED) is 0.595.